The summed E-state index contributed by atoms with van der Waals surface area (Å²) in [5.41, 5.74) is 3.52. The van der Waals surface area contributed by atoms with E-state index in [4.69, 9.17) is 9.72 Å². The molecule has 0 atom stereocenters. The largest absolute Gasteiger partial charge is 0.484 e. The van der Waals surface area contributed by atoms with Gasteiger partial charge in [-0.1, -0.05) is 12.1 Å². The standard InChI is InChI=1S/C24H21N7O2/c32-22(26-17-6-7-17)14-33-19-4-1-3-15(12-19)23-28-24(21-5-2-10-31(21)30-23)27-18-8-9-20-16(11-18)13-25-29-20/h1-5,8-13,17H,6-7,14H2,(H,25,29)(H,26,32)(H,27,28,30). The number of fused-ring (bicyclic) bond motifs is 2. The van der Waals surface area contributed by atoms with Crippen LogP contribution in [0.4, 0.5) is 11.5 Å². The molecule has 9 nitrogen and oxygen atoms in total. The first-order valence-corrected chi connectivity index (χ1v) is 10.8. The molecule has 1 aliphatic carbocycles. The number of hydrogen-bond donors (Lipinski definition) is 3. The van der Waals surface area contributed by atoms with Crippen molar-refractivity contribution in [3.8, 4) is 17.1 Å². The molecule has 6 rings (SSSR count). The highest BCUT2D eigenvalue weighted by molar-refractivity contribution is 5.84. The lowest BCUT2D eigenvalue weighted by Gasteiger charge is -2.11. The first-order chi connectivity index (χ1) is 16.2. The molecule has 1 fully saturated rings. The van der Waals surface area contributed by atoms with Gasteiger partial charge in [-0.3, -0.25) is 9.89 Å². The number of H-pyrrole nitrogens is 1. The summed E-state index contributed by atoms with van der Waals surface area (Å²) >= 11 is 0. The highest BCUT2D eigenvalue weighted by Gasteiger charge is 2.23. The zero-order valence-corrected chi connectivity index (χ0v) is 17.7. The van der Waals surface area contributed by atoms with E-state index in [1.165, 1.54) is 0 Å². The van der Waals surface area contributed by atoms with Crippen molar-refractivity contribution in [1.29, 1.82) is 0 Å². The number of aromatic amines is 1. The second kappa shape index (κ2) is 7.94. The van der Waals surface area contributed by atoms with Crippen LogP contribution >= 0.6 is 0 Å². The molecule has 1 aliphatic rings. The predicted octanol–water partition coefficient (Wildman–Crippen LogP) is 3.67. The topological polar surface area (TPSA) is 109 Å². The second-order valence-electron chi connectivity index (χ2n) is 8.08. The summed E-state index contributed by atoms with van der Waals surface area (Å²) in [5.74, 6) is 1.71. The maximum atomic E-state index is 11.9. The molecule has 3 aromatic heterocycles. The van der Waals surface area contributed by atoms with Gasteiger partial charge in [-0.25, -0.2) is 9.50 Å². The first kappa shape index (κ1) is 19.3. The number of hydrogen-bond acceptors (Lipinski definition) is 6. The third kappa shape index (κ3) is 4.08. The smallest absolute Gasteiger partial charge is 0.258 e. The van der Waals surface area contributed by atoms with Gasteiger partial charge in [-0.2, -0.15) is 5.10 Å². The van der Waals surface area contributed by atoms with Gasteiger partial charge < -0.3 is 15.4 Å². The Hall–Kier alpha value is -4.40. The number of ether oxygens (including phenoxy) is 1. The predicted molar refractivity (Wildman–Crippen MR) is 124 cm³/mol. The SMILES string of the molecule is O=C(COc1cccc(-c2nc(Nc3ccc4[nH]ncc4c3)c3cccn3n2)c1)NC1CC1. The van der Waals surface area contributed by atoms with Crippen LogP contribution in [0.15, 0.2) is 67.0 Å². The lowest BCUT2D eigenvalue weighted by molar-refractivity contribution is -0.123. The molecule has 1 amide bonds. The third-order valence-electron chi connectivity index (χ3n) is 5.50. The Kier molecular flexibility index (Phi) is 4.64. The van der Waals surface area contributed by atoms with Gasteiger partial charge in [0.05, 0.1) is 11.7 Å². The van der Waals surface area contributed by atoms with Crippen molar-refractivity contribution in [3.63, 3.8) is 0 Å². The van der Waals surface area contributed by atoms with Crippen molar-refractivity contribution in [2.75, 3.05) is 11.9 Å². The molecule has 5 aromatic rings. The average molecular weight is 439 g/mol. The van der Waals surface area contributed by atoms with Crippen LogP contribution < -0.4 is 15.4 Å². The van der Waals surface area contributed by atoms with Crippen LogP contribution in [0.3, 0.4) is 0 Å². The molecular formula is C24H21N7O2. The molecule has 164 valence electrons. The van der Waals surface area contributed by atoms with Crippen molar-refractivity contribution in [2.45, 2.75) is 18.9 Å². The summed E-state index contributed by atoms with van der Waals surface area (Å²) in [4.78, 5) is 16.7. The summed E-state index contributed by atoms with van der Waals surface area (Å²) in [7, 11) is 0. The number of benzene rings is 2. The number of aromatic nitrogens is 5. The van der Waals surface area contributed by atoms with E-state index in [0.29, 0.717) is 23.4 Å². The van der Waals surface area contributed by atoms with Crippen molar-refractivity contribution in [1.82, 2.24) is 30.1 Å². The third-order valence-corrected chi connectivity index (χ3v) is 5.50. The lowest BCUT2D eigenvalue weighted by Crippen LogP contribution is -2.30. The van der Waals surface area contributed by atoms with Crippen molar-refractivity contribution < 1.29 is 9.53 Å². The van der Waals surface area contributed by atoms with E-state index >= 15 is 0 Å². The Morgan fingerprint density at radius 2 is 2.09 bits per heavy atom. The van der Waals surface area contributed by atoms with Crippen LogP contribution in [0.1, 0.15) is 12.8 Å². The molecule has 2 aromatic carbocycles. The van der Waals surface area contributed by atoms with Crippen LogP contribution in [0.2, 0.25) is 0 Å². The van der Waals surface area contributed by atoms with Gasteiger partial charge in [0.2, 0.25) is 0 Å². The lowest BCUT2D eigenvalue weighted by atomic mass is 10.2. The van der Waals surface area contributed by atoms with Crippen LogP contribution in [-0.2, 0) is 4.79 Å². The normalized spacial score (nSPS) is 13.3. The molecule has 0 aliphatic heterocycles. The quantitative estimate of drug-likeness (QED) is 0.357. The number of anilines is 2. The summed E-state index contributed by atoms with van der Waals surface area (Å²) in [6.45, 7) is -0.0132. The monoisotopic (exact) mass is 439 g/mol. The van der Waals surface area contributed by atoms with E-state index in [-0.39, 0.29) is 12.5 Å². The van der Waals surface area contributed by atoms with Crippen LogP contribution in [0.25, 0.3) is 27.8 Å². The van der Waals surface area contributed by atoms with E-state index in [1.807, 2.05) is 60.8 Å². The van der Waals surface area contributed by atoms with Crippen LogP contribution in [0.5, 0.6) is 5.75 Å². The van der Waals surface area contributed by atoms with Gasteiger partial charge in [-0.15, -0.1) is 5.10 Å². The average Bonchev–Trinajstić information content (AvgIpc) is 3.31. The fraction of sp³-hybridized carbons (Fsp3) is 0.167. The molecule has 0 spiro atoms. The van der Waals surface area contributed by atoms with Gasteiger partial charge in [0, 0.05) is 28.9 Å². The number of amides is 1. The maximum absolute atomic E-state index is 11.9. The number of carbonyl (C=O) groups excluding carboxylic acids is 1. The highest BCUT2D eigenvalue weighted by Crippen LogP contribution is 2.27. The summed E-state index contributed by atoms with van der Waals surface area (Å²) < 4.78 is 7.48. The summed E-state index contributed by atoms with van der Waals surface area (Å²) in [6.07, 6.45) is 5.77. The minimum atomic E-state index is -0.103. The molecule has 1 saturated carbocycles. The zero-order valence-electron chi connectivity index (χ0n) is 17.7. The minimum absolute atomic E-state index is 0.0132. The number of nitrogens with one attached hydrogen (secondary N) is 3. The second-order valence-corrected chi connectivity index (χ2v) is 8.08. The van der Waals surface area contributed by atoms with Gasteiger partial charge in [0.1, 0.15) is 11.3 Å². The van der Waals surface area contributed by atoms with Gasteiger partial charge >= 0.3 is 0 Å². The summed E-state index contributed by atoms with van der Waals surface area (Å²) in [6, 6.07) is 17.6. The molecule has 0 unspecified atom stereocenters. The molecular weight excluding hydrogens is 418 g/mol. The van der Waals surface area contributed by atoms with Crippen molar-refractivity contribution in [3.05, 3.63) is 67.0 Å². The maximum Gasteiger partial charge on any atom is 0.258 e. The Balaban J connectivity index is 1.28. The minimum Gasteiger partial charge on any atom is -0.484 e. The Labute approximate surface area is 188 Å². The first-order valence-electron chi connectivity index (χ1n) is 10.8. The van der Waals surface area contributed by atoms with Gasteiger partial charge in [0.25, 0.3) is 5.91 Å². The fourth-order valence-electron chi connectivity index (χ4n) is 3.68. The highest BCUT2D eigenvalue weighted by atomic mass is 16.5. The number of carbonyl (C=O) groups is 1. The zero-order chi connectivity index (χ0) is 22.2. The molecule has 0 saturated heterocycles. The van der Waals surface area contributed by atoms with E-state index in [1.54, 1.807) is 10.7 Å². The Morgan fingerprint density at radius 3 is 3.00 bits per heavy atom. The van der Waals surface area contributed by atoms with E-state index in [2.05, 4.69) is 25.9 Å². The van der Waals surface area contributed by atoms with E-state index in [0.717, 1.165) is 40.5 Å². The molecule has 9 heteroatoms. The van der Waals surface area contributed by atoms with Gasteiger partial charge in [0.15, 0.2) is 18.2 Å². The number of rotatable bonds is 7. The Bertz CT molecular complexity index is 1470. The van der Waals surface area contributed by atoms with Crippen LogP contribution in [-0.4, -0.2) is 43.4 Å². The van der Waals surface area contributed by atoms with E-state index in [9.17, 15) is 4.79 Å². The summed E-state index contributed by atoms with van der Waals surface area (Å²) in [5, 5.41) is 19.0. The van der Waals surface area contributed by atoms with Crippen molar-refractivity contribution >= 4 is 33.8 Å². The molecule has 3 heterocycles. The fourth-order valence-corrected chi connectivity index (χ4v) is 3.68. The van der Waals surface area contributed by atoms with Gasteiger partial charge in [-0.05, 0) is 55.3 Å². The Morgan fingerprint density at radius 1 is 1.15 bits per heavy atom. The molecule has 0 radical (unpaired) electrons. The molecule has 33 heavy (non-hydrogen) atoms. The number of nitrogens with zero attached hydrogens (tertiary/aromatic N) is 4. The van der Waals surface area contributed by atoms with Crippen LogP contribution in [0, 0.1) is 0 Å². The van der Waals surface area contributed by atoms with Crippen molar-refractivity contribution in [2.24, 2.45) is 0 Å². The molecule has 0 bridgehead atoms. The molecule has 3 N–H and O–H groups in total. The van der Waals surface area contributed by atoms with E-state index < -0.39 is 0 Å².